The minimum atomic E-state index is -0.891. The van der Waals surface area contributed by atoms with Crippen LogP contribution in [0.2, 0.25) is 0 Å². The van der Waals surface area contributed by atoms with E-state index < -0.39 is 11.7 Å². The van der Waals surface area contributed by atoms with E-state index in [1.165, 1.54) is 0 Å². The molecule has 0 aliphatic carbocycles. The van der Waals surface area contributed by atoms with Crippen molar-refractivity contribution in [3.05, 3.63) is 35.9 Å². The Balaban J connectivity index is 1.74. The number of nitrogens with zero attached hydrogens (tertiary/aromatic N) is 1. The number of ether oxygens (including phenoxy) is 2. The summed E-state index contributed by atoms with van der Waals surface area (Å²) < 4.78 is 11.1. The summed E-state index contributed by atoms with van der Waals surface area (Å²) in [4.78, 5) is 14.1. The standard InChI is InChI=1S/C15H19NO4/c1-15(19-7-8-20-15)13-12(10-17)16(14(13)18)9-11-5-3-2-4-6-11/h2-6,12-13,17H,7-10H2,1H3/t12-,13-/m0/s1. The fourth-order valence-electron chi connectivity index (χ4n) is 3.07. The van der Waals surface area contributed by atoms with Gasteiger partial charge in [0.2, 0.25) is 5.91 Å². The molecule has 2 saturated heterocycles. The second-order valence-corrected chi connectivity index (χ2v) is 5.39. The Morgan fingerprint density at radius 2 is 1.95 bits per heavy atom. The Morgan fingerprint density at radius 3 is 2.55 bits per heavy atom. The molecule has 2 heterocycles. The third kappa shape index (κ3) is 2.12. The van der Waals surface area contributed by atoms with Crippen LogP contribution in [0.5, 0.6) is 0 Å². The van der Waals surface area contributed by atoms with E-state index >= 15 is 0 Å². The van der Waals surface area contributed by atoms with Crippen molar-refractivity contribution in [2.75, 3.05) is 19.8 Å². The molecular formula is C15H19NO4. The molecule has 1 aromatic rings. The molecule has 0 saturated carbocycles. The van der Waals surface area contributed by atoms with E-state index in [0.717, 1.165) is 5.56 Å². The summed E-state index contributed by atoms with van der Waals surface area (Å²) in [6, 6.07) is 9.52. The lowest BCUT2D eigenvalue weighted by molar-refractivity contribution is -0.232. The van der Waals surface area contributed by atoms with Gasteiger partial charge in [-0.25, -0.2) is 0 Å². The van der Waals surface area contributed by atoms with Crippen molar-refractivity contribution in [2.45, 2.75) is 25.3 Å². The highest BCUT2D eigenvalue weighted by atomic mass is 16.7. The molecule has 1 N–H and O–H groups in total. The maximum Gasteiger partial charge on any atom is 0.233 e. The lowest BCUT2D eigenvalue weighted by atomic mass is 9.81. The van der Waals surface area contributed by atoms with Crippen molar-refractivity contribution < 1.29 is 19.4 Å². The largest absolute Gasteiger partial charge is 0.394 e. The van der Waals surface area contributed by atoms with Crippen LogP contribution in [0.3, 0.4) is 0 Å². The van der Waals surface area contributed by atoms with Crippen LogP contribution in [0.25, 0.3) is 0 Å². The van der Waals surface area contributed by atoms with Crippen molar-refractivity contribution >= 4 is 5.91 Å². The van der Waals surface area contributed by atoms with Crippen molar-refractivity contribution in [2.24, 2.45) is 5.92 Å². The van der Waals surface area contributed by atoms with Crippen LogP contribution in [0.15, 0.2) is 30.3 Å². The fraction of sp³-hybridized carbons (Fsp3) is 0.533. The van der Waals surface area contributed by atoms with Crippen LogP contribution in [-0.4, -0.2) is 47.6 Å². The Hall–Kier alpha value is -1.43. The molecule has 20 heavy (non-hydrogen) atoms. The maximum atomic E-state index is 12.4. The van der Waals surface area contributed by atoms with Gasteiger partial charge in [-0.3, -0.25) is 4.79 Å². The first-order valence-electron chi connectivity index (χ1n) is 6.89. The molecule has 2 fully saturated rings. The molecule has 2 aliphatic heterocycles. The predicted octanol–water partition coefficient (Wildman–Crippen LogP) is 0.769. The van der Waals surface area contributed by atoms with Crippen LogP contribution >= 0.6 is 0 Å². The third-order valence-electron chi connectivity index (χ3n) is 4.14. The summed E-state index contributed by atoms with van der Waals surface area (Å²) in [5.41, 5.74) is 1.05. The summed E-state index contributed by atoms with van der Waals surface area (Å²) in [5.74, 6) is -1.33. The molecule has 5 nitrogen and oxygen atoms in total. The number of carbonyl (C=O) groups is 1. The van der Waals surface area contributed by atoms with E-state index in [9.17, 15) is 9.90 Å². The molecular weight excluding hydrogens is 258 g/mol. The Bertz CT molecular complexity index is 484. The highest BCUT2D eigenvalue weighted by Gasteiger charge is 2.58. The smallest absolute Gasteiger partial charge is 0.233 e. The average Bonchev–Trinajstić information content (AvgIpc) is 2.89. The summed E-state index contributed by atoms with van der Waals surface area (Å²) in [6.07, 6.45) is 0. The molecule has 108 valence electrons. The Morgan fingerprint density at radius 1 is 1.30 bits per heavy atom. The molecule has 0 bridgehead atoms. The first-order chi connectivity index (χ1) is 9.65. The minimum absolute atomic E-state index is 0.0164. The zero-order valence-electron chi connectivity index (χ0n) is 11.5. The van der Waals surface area contributed by atoms with E-state index in [0.29, 0.717) is 19.8 Å². The molecule has 2 aliphatic rings. The van der Waals surface area contributed by atoms with Gasteiger partial charge in [-0.15, -0.1) is 0 Å². The SMILES string of the molecule is CC1([C@@H]2C(=O)N(Cc3ccccc3)[C@H]2CO)OCCO1. The van der Waals surface area contributed by atoms with Gasteiger partial charge in [-0.2, -0.15) is 0 Å². The number of amides is 1. The lowest BCUT2D eigenvalue weighted by Gasteiger charge is -2.51. The van der Waals surface area contributed by atoms with Gasteiger partial charge in [0.15, 0.2) is 5.79 Å². The number of benzene rings is 1. The third-order valence-corrected chi connectivity index (χ3v) is 4.14. The van der Waals surface area contributed by atoms with Crippen molar-refractivity contribution in [3.63, 3.8) is 0 Å². The monoisotopic (exact) mass is 277 g/mol. The molecule has 0 aromatic heterocycles. The molecule has 5 heteroatoms. The second kappa shape index (κ2) is 5.16. The highest BCUT2D eigenvalue weighted by Crippen LogP contribution is 2.40. The Labute approximate surface area is 118 Å². The van der Waals surface area contributed by atoms with E-state index in [4.69, 9.17) is 9.47 Å². The summed E-state index contributed by atoms with van der Waals surface area (Å²) in [6.45, 7) is 3.21. The molecule has 3 rings (SSSR count). The van der Waals surface area contributed by atoms with Crippen molar-refractivity contribution in [3.8, 4) is 0 Å². The van der Waals surface area contributed by atoms with Gasteiger partial charge in [0.05, 0.1) is 25.9 Å². The fourth-order valence-corrected chi connectivity index (χ4v) is 3.07. The van der Waals surface area contributed by atoms with Crippen LogP contribution in [0, 0.1) is 5.92 Å². The molecule has 1 aromatic carbocycles. The molecule has 2 atom stereocenters. The molecule has 0 radical (unpaired) electrons. The van der Waals surface area contributed by atoms with Gasteiger partial charge in [0, 0.05) is 6.54 Å². The minimum Gasteiger partial charge on any atom is -0.394 e. The first kappa shape index (κ1) is 13.5. The number of likely N-dealkylation sites (tertiary alicyclic amines) is 1. The topological polar surface area (TPSA) is 59.0 Å². The predicted molar refractivity (Wildman–Crippen MR) is 71.7 cm³/mol. The number of carbonyl (C=O) groups excluding carboxylic acids is 1. The number of aliphatic hydroxyl groups excluding tert-OH is 1. The van der Waals surface area contributed by atoms with Crippen LogP contribution in [0.1, 0.15) is 12.5 Å². The number of hydrogen-bond acceptors (Lipinski definition) is 4. The highest BCUT2D eigenvalue weighted by molar-refractivity contribution is 5.87. The normalized spacial score (nSPS) is 28.5. The van der Waals surface area contributed by atoms with Gasteiger partial charge in [-0.05, 0) is 12.5 Å². The van der Waals surface area contributed by atoms with Gasteiger partial charge >= 0.3 is 0 Å². The first-order valence-corrected chi connectivity index (χ1v) is 6.89. The maximum absolute atomic E-state index is 12.4. The van der Waals surface area contributed by atoms with E-state index in [1.807, 2.05) is 30.3 Å². The number of rotatable bonds is 4. The van der Waals surface area contributed by atoms with Gasteiger partial charge < -0.3 is 19.5 Å². The number of aliphatic hydroxyl groups is 1. The Kier molecular flexibility index (Phi) is 3.50. The summed E-state index contributed by atoms with van der Waals surface area (Å²) in [7, 11) is 0. The summed E-state index contributed by atoms with van der Waals surface area (Å²) >= 11 is 0. The van der Waals surface area contributed by atoms with Crippen molar-refractivity contribution in [1.29, 1.82) is 0 Å². The zero-order chi connectivity index (χ0) is 14.2. The van der Waals surface area contributed by atoms with E-state index in [-0.39, 0.29) is 18.6 Å². The molecule has 0 spiro atoms. The van der Waals surface area contributed by atoms with Gasteiger partial charge in [0.1, 0.15) is 5.92 Å². The number of hydrogen-bond donors (Lipinski definition) is 1. The quantitative estimate of drug-likeness (QED) is 0.826. The van der Waals surface area contributed by atoms with Crippen LogP contribution < -0.4 is 0 Å². The number of β-lactam (4-membered cyclic amide) rings is 1. The second-order valence-electron chi connectivity index (χ2n) is 5.39. The lowest BCUT2D eigenvalue weighted by Crippen LogP contribution is -2.68. The van der Waals surface area contributed by atoms with Crippen LogP contribution in [-0.2, 0) is 20.8 Å². The summed E-state index contributed by atoms with van der Waals surface area (Å²) in [5, 5.41) is 9.59. The molecule has 0 unspecified atom stereocenters. The van der Waals surface area contributed by atoms with Crippen LogP contribution in [0.4, 0.5) is 0 Å². The molecule has 1 amide bonds. The van der Waals surface area contributed by atoms with Crippen molar-refractivity contribution in [1.82, 2.24) is 4.90 Å². The van der Waals surface area contributed by atoms with Gasteiger partial charge in [0.25, 0.3) is 0 Å². The van der Waals surface area contributed by atoms with Gasteiger partial charge in [-0.1, -0.05) is 30.3 Å². The average molecular weight is 277 g/mol. The van der Waals surface area contributed by atoms with E-state index in [2.05, 4.69) is 0 Å². The van der Waals surface area contributed by atoms with E-state index in [1.54, 1.807) is 11.8 Å². The zero-order valence-corrected chi connectivity index (χ0v) is 11.5.